The van der Waals surface area contributed by atoms with Crippen molar-refractivity contribution in [1.29, 1.82) is 0 Å². The van der Waals surface area contributed by atoms with E-state index in [1.54, 1.807) is 0 Å². The molecule has 0 radical (unpaired) electrons. The molecule has 0 spiro atoms. The van der Waals surface area contributed by atoms with E-state index in [2.05, 4.69) is 265 Å². The van der Waals surface area contributed by atoms with Crippen LogP contribution in [0.25, 0.3) is 139 Å². The Labute approximate surface area is 452 Å². The monoisotopic (exact) mass is 997 g/mol. The lowest BCUT2D eigenvalue weighted by atomic mass is 9.96. The summed E-state index contributed by atoms with van der Waals surface area (Å²) in [6.45, 7) is 6.60. The van der Waals surface area contributed by atoms with Gasteiger partial charge in [0.05, 0.1) is 44.5 Å². The van der Waals surface area contributed by atoms with E-state index < -0.39 is 0 Å². The smallest absolute Gasteiger partial charge is 0.160 e. The lowest BCUT2D eigenvalue weighted by Gasteiger charge is -2.14. The minimum absolute atomic E-state index is 0.713. The molecule has 368 valence electrons. The fourth-order valence-electron chi connectivity index (χ4n) is 12.1. The van der Waals surface area contributed by atoms with Gasteiger partial charge in [-0.2, -0.15) is 0 Å². The van der Waals surface area contributed by atoms with Crippen molar-refractivity contribution in [3.63, 3.8) is 0 Å². The van der Waals surface area contributed by atoms with E-state index in [4.69, 9.17) is 9.97 Å². The fourth-order valence-corrected chi connectivity index (χ4v) is 12.1. The Balaban J connectivity index is 0.808. The molecule has 5 heteroatoms. The van der Waals surface area contributed by atoms with E-state index in [9.17, 15) is 0 Å². The second kappa shape index (κ2) is 18.0. The number of aryl methyl sites for hydroxylation is 3. The third kappa shape index (κ3) is 7.46. The Bertz CT molecular complexity index is 4610. The van der Waals surface area contributed by atoms with Crippen LogP contribution in [0.1, 0.15) is 16.7 Å². The van der Waals surface area contributed by atoms with Crippen molar-refractivity contribution >= 4 is 65.4 Å². The first-order valence-corrected chi connectivity index (χ1v) is 26.8. The third-order valence-electron chi connectivity index (χ3n) is 15.9. The second-order valence-electron chi connectivity index (χ2n) is 20.8. The van der Waals surface area contributed by atoms with Gasteiger partial charge in [-0.05, 0) is 140 Å². The van der Waals surface area contributed by atoms with E-state index in [0.717, 1.165) is 67.3 Å². The molecule has 0 unspecified atom stereocenters. The van der Waals surface area contributed by atoms with Gasteiger partial charge in [0.15, 0.2) is 5.82 Å². The zero-order valence-electron chi connectivity index (χ0n) is 43.5. The van der Waals surface area contributed by atoms with Gasteiger partial charge in [0, 0.05) is 66.1 Å². The zero-order chi connectivity index (χ0) is 52.0. The highest BCUT2D eigenvalue weighted by molar-refractivity contribution is 6.14. The van der Waals surface area contributed by atoms with Crippen molar-refractivity contribution in [3.05, 3.63) is 271 Å². The molecule has 11 aromatic carbocycles. The van der Waals surface area contributed by atoms with E-state index in [1.807, 2.05) is 24.3 Å². The van der Waals surface area contributed by atoms with E-state index in [0.29, 0.717) is 5.82 Å². The number of hydrogen-bond acceptors (Lipinski definition) is 2. The highest BCUT2D eigenvalue weighted by Gasteiger charge is 2.20. The molecule has 0 aliphatic heterocycles. The fraction of sp³-hybridized carbons (Fsp3) is 0.0411. The van der Waals surface area contributed by atoms with Crippen LogP contribution in [-0.2, 0) is 0 Å². The molecular formula is C73H51N5. The number of aromatic nitrogens is 5. The van der Waals surface area contributed by atoms with Crippen molar-refractivity contribution in [3.8, 4) is 73.2 Å². The van der Waals surface area contributed by atoms with Crippen LogP contribution in [0.15, 0.2) is 255 Å². The predicted octanol–water partition coefficient (Wildman–Crippen LogP) is 19.0. The van der Waals surface area contributed by atoms with Crippen molar-refractivity contribution in [2.75, 3.05) is 0 Å². The molecule has 0 atom stereocenters. The van der Waals surface area contributed by atoms with Gasteiger partial charge in [-0.1, -0.05) is 175 Å². The first-order chi connectivity index (χ1) is 38.4. The van der Waals surface area contributed by atoms with E-state index >= 15 is 0 Å². The maximum Gasteiger partial charge on any atom is 0.160 e. The number of benzene rings is 11. The first kappa shape index (κ1) is 45.3. The lowest BCUT2D eigenvalue weighted by molar-refractivity contribution is 1.15. The Morgan fingerprint density at radius 3 is 1.13 bits per heavy atom. The number of nitrogens with zero attached hydrogens (tertiary/aromatic N) is 5. The van der Waals surface area contributed by atoms with Crippen LogP contribution in [0.3, 0.4) is 0 Å². The first-order valence-electron chi connectivity index (χ1n) is 26.8. The van der Waals surface area contributed by atoms with Crippen LogP contribution in [0, 0.1) is 20.8 Å². The average molecular weight is 998 g/mol. The molecule has 0 N–H and O–H groups in total. The van der Waals surface area contributed by atoms with Crippen LogP contribution >= 0.6 is 0 Å². The van der Waals surface area contributed by atoms with Gasteiger partial charge in [-0.15, -0.1) is 0 Å². The van der Waals surface area contributed by atoms with Crippen LogP contribution in [0.5, 0.6) is 0 Å². The summed E-state index contributed by atoms with van der Waals surface area (Å²) in [7, 11) is 0. The Morgan fingerprint density at radius 2 is 0.628 bits per heavy atom. The molecule has 4 aromatic heterocycles. The van der Waals surface area contributed by atoms with Crippen molar-refractivity contribution in [2.45, 2.75) is 20.8 Å². The summed E-state index contributed by atoms with van der Waals surface area (Å²) < 4.78 is 7.33. The summed E-state index contributed by atoms with van der Waals surface area (Å²) in [5, 5.41) is 7.47. The molecular weight excluding hydrogens is 947 g/mol. The Kier molecular flexibility index (Phi) is 10.5. The largest absolute Gasteiger partial charge is 0.309 e. The maximum absolute atomic E-state index is 5.06. The molecule has 15 rings (SSSR count). The zero-order valence-corrected chi connectivity index (χ0v) is 43.5. The summed E-state index contributed by atoms with van der Waals surface area (Å²) in [6.07, 6.45) is 0. The Morgan fingerprint density at radius 1 is 0.256 bits per heavy atom. The summed E-state index contributed by atoms with van der Waals surface area (Å²) in [5.74, 6) is 0.713. The predicted molar refractivity (Wildman–Crippen MR) is 326 cm³/mol. The second-order valence-corrected chi connectivity index (χ2v) is 20.8. The highest BCUT2D eigenvalue weighted by atomic mass is 15.0. The average Bonchev–Trinajstić information content (AvgIpc) is 4.24. The standard InChI is InChI=1S/C73H51N5/c1-46-22-36-69-61(40-46)59-18-10-12-20-67(59)77(69)56-33-38-71-63(43-56)64-44-57(78-68-21-13-11-19-60(68)62-41-47(2)23-37-70(62)78)34-39-72(64)76(71)55-32-35-58(48(3)42-55)51-28-24-49(25-29-51)50-26-30-53(31-27-50)66-45-65(52-14-6-4-7-15-52)74-73(75-66)54-16-8-5-9-17-54/h4-45H,1-3H3. The molecule has 0 amide bonds. The molecule has 0 bridgehead atoms. The van der Waals surface area contributed by atoms with Crippen molar-refractivity contribution < 1.29 is 0 Å². The highest BCUT2D eigenvalue weighted by Crippen LogP contribution is 2.41. The van der Waals surface area contributed by atoms with Gasteiger partial charge in [0.1, 0.15) is 0 Å². The van der Waals surface area contributed by atoms with Crippen LogP contribution in [0.4, 0.5) is 0 Å². The van der Waals surface area contributed by atoms with Gasteiger partial charge in [-0.3, -0.25) is 0 Å². The van der Waals surface area contributed by atoms with Crippen molar-refractivity contribution in [1.82, 2.24) is 23.7 Å². The van der Waals surface area contributed by atoms with E-state index in [-0.39, 0.29) is 0 Å². The number of fused-ring (bicyclic) bond motifs is 9. The summed E-state index contributed by atoms with van der Waals surface area (Å²) >= 11 is 0. The number of para-hydroxylation sites is 2. The quantitative estimate of drug-likeness (QED) is 0.152. The van der Waals surface area contributed by atoms with Gasteiger partial charge < -0.3 is 13.7 Å². The van der Waals surface area contributed by atoms with Crippen molar-refractivity contribution in [2.24, 2.45) is 0 Å². The molecule has 78 heavy (non-hydrogen) atoms. The summed E-state index contributed by atoms with van der Waals surface area (Å²) in [6, 6.07) is 92.6. The molecule has 0 saturated carbocycles. The SMILES string of the molecule is Cc1ccc2c(c1)c1ccccc1n2-c1ccc2c(c1)c1cc(-n3c4ccccc4c4cc(C)ccc43)ccc1n2-c1ccc(-c2ccc(-c3ccc(-c4cc(-c5ccccc5)nc(-c5ccccc5)n4)cc3)cc2)c(C)c1. The third-order valence-corrected chi connectivity index (χ3v) is 15.9. The molecule has 5 nitrogen and oxygen atoms in total. The lowest BCUT2D eigenvalue weighted by Crippen LogP contribution is -1.97. The van der Waals surface area contributed by atoms with E-state index in [1.165, 1.54) is 82.2 Å². The molecule has 0 saturated heterocycles. The number of rotatable bonds is 8. The minimum Gasteiger partial charge on any atom is -0.309 e. The van der Waals surface area contributed by atoms with Gasteiger partial charge in [0.25, 0.3) is 0 Å². The molecule has 4 heterocycles. The molecule has 0 aliphatic carbocycles. The summed E-state index contributed by atoms with van der Waals surface area (Å²) in [5.41, 5.74) is 23.9. The molecule has 0 aliphatic rings. The van der Waals surface area contributed by atoms with Crippen LogP contribution in [-0.4, -0.2) is 23.7 Å². The minimum atomic E-state index is 0.713. The normalized spacial score (nSPS) is 11.8. The topological polar surface area (TPSA) is 40.6 Å². The number of hydrogen-bond donors (Lipinski definition) is 0. The van der Waals surface area contributed by atoms with Crippen LogP contribution in [0.2, 0.25) is 0 Å². The van der Waals surface area contributed by atoms with Gasteiger partial charge in [0.2, 0.25) is 0 Å². The molecule has 15 aromatic rings. The maximum atomic E-state index is 5.06. The van der Waals surface area contributed by atoms with Gasteiger partial charge >= 0.3 is 0 Å². The van der Waals surface area contributed by atoms with Gasteiger partial charge in [-0.25, -0.2) is 9.97 Å². The molecule has 0 fully saturated rings. The van der Waals surface area contributed by atoms with Crippen LogP contribution < -0.4 is 0 Å². The summed E-state index contributed by atoms with van der Waals surface area (Å²) in [4.78, 5) is 10.0. The Hall–Kier alpha value is -10.1.